The highest BCUT2D eigenvalue weighted by Gasteiger charge is 2.48. The number of nitriles is 1. The standard InChI is InChI=1S/C28H25ClN2O3S/c1-16-24-21(13-28(3,34)26(17(2)32)25(24)19-7-5-4-6-8-19)22(14-30)27(31-16)35-15-23(33)18-9-11-20(29)12-10-18/h4-12,25-26,34H,13,15H2,1-3H3. The Morgan fingerprint density at radius 2 is 1.86 bits per heavy atom. The van der Waals surface area contributed by atoms with Gasteiger partial charge in [0.15, 0.2) is 5.78 Å². The summed E-state index contributed by atoms with van der Waals surface area (Å²) in [7, 11) is 0. The molecule has 5 nitrogen and oxygen atoms in total. The Balaban J connectivity index is 1.79. The first kappa shape index (κ1) is 25.1. The minimum atomic E-state index is -1.35. The number of halogens is 1. The molecule has 1 heterocycles. The smallest absolute Gasteiger partial charge is 0.173 e. The van der Waals surface area contributed by atoms with Crippen LogP contribution < -0.4 is 0 Å². The number of carbonyl (C=O) groups excluding carboxylic acids is 2. The Kier molecular flexibility index (Phi) is 7.14. The monoisotopic (exact) mass is 504 g/mol. The van der Waals surface area contributed by atoms with Crippen LogP contribution in [-0.2, 0) is 11.2 Å². The zero-order valence-electron chi connectivity index (χ0n) is 19.7. The van der Waals surface area contributed by atoms with Crippen LogP contribution in [0.4, 0.5) is 0 Å². The Morgan fingerprint density at radius 1 is 1.20 bits per heavy atom. The second kappa shape index (κ2) is 9.94. The summed E-state index contributed by atoms with van der Waals surface area (Å²) in [5.41, 5.74) is 2.62. The van der Waals surface area contributed by atoms with Gasteiger partial charge in [-0.15, -0.1) is 0 Å². The second-order valence-corrected chi connectivity index (χ2v) is 10.5. The molecule has 0 saturated carbocycles. The van der Waals surface area contributed by atoms with Crippen LogP contribution in [0.3, 0.4) is 0 Å². The van der Waals surface area contributed by atoms with Gasteiger partial charge in [-0.2, -0.15) is 5.26 Å². The number of benzene rings is 2. The number of pyridine rings is 1. The number of aromatic nitrogens is 1. The quantitative estimate of drug-likeness (QED) is 0.350. The summed E-state index contributed by atoms with van der Waals surface area (Å²) < 4.78 is 0. The van der Waals surface area contributed by atoms with Crippen molar-refractivity contribution in [3.05, 3.63) is 93.1 Å². The van der Waals surface area contributed by atoms with Crippen LogP contribution in [0.2, 0.25) is 5.02 Å². The van der Waals surface area contributed by atoms with Gasteiger partial charge < -0.3 is 5.11 Å². The van der Waals surface area contributed by atoms with Gasteiger partial charge in [-0.1, -0.05) is 53.7 Å². The lowest BCUT2D eigenvalue weighted by molar-refractivity contribution is -0.130. The highest BCUT2D eigenvalue weighted by atomic mass is 35.5. The molecule has 1 aliphatic carbocycles. The molecule has 0 saturated heterocycles. The van der Waals surface area contributed by atoms with E-state index in [-0.39, 0.29) is 23.7 Å². The number of hydrogen-bond donors (Lipinski definition) is 1. The lowest BCUT2D eigenvalue weighted by Gasteiger charge is -2.43. The van der Waals surface area contributed by atoms with Gasteiger partial charge >= 0.3 is 0 Å². The predicted octanol–water partition coefficient (Wildman–Crippen LogP) is 5.53. The van der Waals surface area contributed by atoms with E-state index in [1.807, 2.05) is 37.3 Å². The van der Waals surface area contributed by atoms with Crippen molar-refractivity contribution in [1.82, 2.24) is 4.98 Å². The Labute approximate surface area is 214 Å². The van der Waals surface area contributed by atoms with Crippen molar-refractivity contribution >= 4 is 34.9 Å². The lowest BCUT2D eigenvalue weighted by Crippen LogP contribution is -2.48. The molecule has 3 aromatic rings. The minimum absolute atomic E-state index is 0.0986. The van der Waals surface area contributed by atoms with Crippen LogP contribution in [-0.4, -0.2) is 33.0 Å². The van der Waals surface area contributed by atoms with Crippen LogP contribution in [0.15, 0.2) is 59.6 Å². The van der Waals surface area contributed by atoms with Crippen molar-refractivity contribution in [3.63, 3.8) is 0 Å². The first-order chi connectivity index (χ1) is 16.6. The van der Waals surface area contributed by atoms with E-state index in [1.165, 1.54) is 18.7 Å². The van der Waals surface area contributed by atoms with Crippen molar-refractivity contribution in [1.29, 1.82) is 5.26 Å². The van der Waals surface area contributed by atoms with Gasteiger partial charge in [0, 0.05) is 28.6 Å². The molecule has 0 spiro atoms. The first-order valence-electron chi connectivity index (χ1n) is 11.3. The Morgan fingerprint density at radius 3 is 2.46 bits per heavy atom. The average molecular weight is 505 g/mol. The van der Waals surface area contributed by atoms with Crippen LogP contribution in [0.5, 0.6) is 0 Å². The molecule has 0 amide bonds. The van der Waals surface area contributed by atoms with Crippen molar-refractivity contribution in [2.24, 2.45) is 5.92 Å². The number of rotatable bonds is 6. The van der Waals surface area contributed by atoms with Crippen molar-refractivity contribution < 1.29 is 14.7 Å². The third-order valence-electron chi connectivity index (χ3n) is 6.56. The predicted molar refractivity (Wildman–Crippen MR) is 137 cm³/mol. The van der Waals surface area contributed by atoms with Crippen LogP contribution in [0, 0.1) is 24.2 Å². The van der Waals surface area contributed by atoms with Crippen molar-refractivity contribution in [3.8, 4) is 6.07 Å². The number of aryl methyl sites for hydroxylation is 1. The molecule has 2 aromatic carbocycles. The minimum Gasteiger partial charge on any atom is -0.389 e. The highest BCUT2D eigenvalue weighted by Crippen LogP contribution is 2.48. The van der Waals surface area contributed by atoms with Crippen LogP contribution in [0.25, 0.3) is 0 Å². The molecule has 0 bridgehead atoms. The summed E-state index contributed by atoms with van der Waals surface area (Å²) in [6, 6.07) is 18.5. The van der Waals surface area contributed by atoms with E-state index in [1.54, 1.807) is 31.2 Å². The molecule has 3 atom stereocenters. The number of aliphatic hydroxyl groups is 1. The van der Waals surface area contributed by atoms with Gasteiger partial charge in [-0.25, -0.2) is 4.98 Å². The maximum Gasteiger partial charge on any atom is 0.173 e. The molecular formula is C28H25ClN2O3S. The number of thioether (sulfide) groups is 1. The number of ketones is 2. The van der Waals surface area contributed by atoms with E-state index in [0.29, 0.717) is 32.4 Å². The average Bonchev–Trinajstić information content (AvgIpc) is 2.82. The largest absolute Gasteiger partial charge is 0.389 e. The van der Waals surface area contributed by atoms with Gasteiger partial charge in [-0.05, 0) is 61.7 Å². The maximum absolute atomic E-state index is 12.8. The SMILES string of the molecule is CC(=O)C1C(c2ccccc2)c2c(C)nc(SCC(=O)c3ccc(Cl)cc3)c(C#N)c2CC1(C)O. The zero-order valence-corrected chi connectivity index (χ0v) is 21.3. The van der Waals surface area contributed by atoms with Crippen molar-refractivity contribution in [2.75, 3.05) is 5.75 Å². The van der Waals surface area contributed by atoms with Gasteiger partial charge in [0.05, 0.1) is 22.8 Å². The number of Topliss-reactive ketones (excluding diaryl/α,β-unsaturated/α-hetero) is 2. The highest BCUT2D eigenvalue weighted by molar-refractivity contribution is 8.00. The van der Waals surface area contributed by atoms with Gasteiger partial charge in [0.1, 0.15) is 16.9 Å². The molecule has 0 fully saturated rings. The van der Waals surface area contributed by atoms with E-state index in [4.69, 9.17) is 16.6 Å². The van der Waals surface area contributed by atoms with E-state index in [0.717, 1.165) is 11.1 Å². The molecular weight excluding hydrogens is 480 g/mol. The third kappa shape index (κ3) is 4.90. The number of nitrogens with zero attached hydrogens (tertiary/aromatic N) is 2. The zero-order chi connectivity index (χ0) is 25.3. The van der Waals surface area contributed by atoms with Crippen LogP contribution >= 0.6 is 23.4 Å². The first-order valence-corrected chi connectivity index (χ1v) is 12.6. The van der Waals surface area contributed by atoms with E-state index in [9.17, 15) is 20.0 Å². The summed E-state index contributed by atoms with van der Waals surface area (Å²) in [4.78, 5) is 30.2. The third-order valence-corrected chi connectivity index (χ3v) is 7.79. The summed E-state index contributed by atoms with van der Waals surface area (Å²) in [6.45, 7) is 5.02. The summed E-state index contributed by atoms with van der Waals surface area (Å²) in [5.74, 6) is -1.20. The molecule has 178 valence electrons. The molecule has 4 rings (SSSR count). The van der Waals surface area contributed by atoms with Gasteiger partial charge in [0.25, 0.3) is 0 Å². The lowest BCUT2D eigenvalue weighted by atomic mass is 9.62. The summed E-state index contributed by atoms with van der Waals surface area (Å²) >= 11 is 7.12. The molecule has 0 aliphatic heterocycles. The molecule has 1 aromatic heterocycles. The normalized spacial score (nSPS) is 21.1. The molecule has 7 heteroatoms. The van der Waals surface area contributed by atoms with Crippen LogP contribution in [0.1, 0.15) is 58.1 Å². The molecule has 1 N–H and O–H groups in total. The molecule has 0 radical (unpaired) electrons. The molecule has 1 aliphatic rings. The van der Waals surface area contributed by atoms with Gasteiger partial charge in [0.2, 0.25) is 0 Å². The second-order valence-electron chi connectivity index (χ2n) is 9.11. The maximum atomic E-state index is 12.8. The summed E-state index contributed by atoms with van der Waals surface area (Å²) in [6.07, 6.45) is 0.154. The summed E-state index contributed by atoms with van der Waals surface area (Å²) in [5, 5.41) is 22.6. The fraction of sp³-hybridized carbons (Fsp3) is 0.286. The number of carbonyl (C=O) groups is 2. The van der Waals surface area contributed by atoms with E-state index < -0.39 is 17.4 Å². The molecule has 3 unspecified atom stereocenters. The molecule has 35 heavy (non-hydrogen) atoms. The van der Waals surface area contributed by atoms with Crippen molar-refractivity contribution in [2.45, 2.75) is 43.7 Å². The van der Waals surface area contributed by atoms with E-state index >= 15 is 0 Å². The fourth-order valence-electron chi connectivity index (χ4n) is 5.11. The van der Waals surface area contributed by atoms with Gasteiger partial charge in [-0.3, -0.25) is 9.59 Å². The number of hydrogen-bond acceptors (Lipinski definition) is 6. The number of fused-ring (bicyclic) bond motifs is 1. The van der Waals surface area contributed by atoms with E-state index in [2.05, 4.69) is 6.07 Å². The Hall–Kier alpha value is -2.98. The fourth-order valence-corrected chi connectivity index (χ4v) is 6.18. The topological polar surface area (TPSA) is 91.0 Å². The Bertz CT molecular complexity index is 1330.